The summed E-state index contributed by atoms with van der Waals surface area (Å²) in [6, 6.07) is 76.9. The minimum Gasteiger partial charge on any atom is -0.456 e. The summed E-state index contributed by atoms with van der Waals surface area (Å²) < 4.78 is 17.8. The molecule has 15 rings (SSSR count). The van der Waals surface area contributed by atoms with E-state index in [9.17, 15) is 0 Å². The minimum atomic E-state index is 0.566. The van der Waals surface area contributed by atoms with Crippen LogP contribution in [0.15, 0.2) is 227 Å². The Balaban J connectivity index is 0.836. The predicted octanol–water partition coefficient (Wildman–Crippen LogP) is 17.5. The number of para-hydroxylation sites is 3. The Morgan fingerprint density at radius 3 is 1.63 bits per heavy atom. The molecule has 0 saturated heterocycles. The van der Waals surface area contributed by atoms with Crippen LogP contribution in [0.4, 0.5) is 0 Å². The molecular weight excluding hydrogens is 877 g/mol. The van der Waals surface area contributed by atoms with Crippen LogP contribution in [0.1, 0.15) is 0 Å². The van der Waals surface area contributed by atoms with Crippen molar-refractivity contribution in [3.05, 3.63) is 218 Å². The third-order valence-corrected chi connectivity index (χ3v) is 15.0. The number of benzene rings is 10. The molecule has 15 aromatic rings. The maximum Gasteiger partial charge on any atom is 0.164 e. The van der Waals surface area contributed by atoms with Gasteiger partial charge in [0.2, 0.25) is 0 Å². The topological polar surface area (TPSA) is 69.9 Å². The summed E-state index contributed by atoms with van der Waals surface area (Å²) in [5.74, 6) is 1.73. The number of furan rings is 2. The van der Waals surface area contributed by atoms with E-state index in [0.717, 1.165) is 77.4 Å². The van der Waals surface area contributed by atoms with Crippen LogP contribution >= 0.6 is 11.3 Å². The van der Waals surface area contributed by atoms with Gasteiger partial charge in [-0.2, -0.15) is 0 Å². The average Bonchev–Trinajstić information content (AvgIpc) is 4.19. The molecule has 70 heavy (non-hydrogen) atoms. The summed E-state index contributed by atoms with van der Waals surface area (Å²) in [5.41, 5.74) is 14.1. The number of aromatic nitrogens is 4. The van der Waals surface area contributed by atoms with Gasteiger partial charge in [-0.15, -0.1) is 11.3 Å². The number of nitrogens with zero attached hydrogens (tertiary/aromatic N) is 4. The second kappa shape index (κ2) is 15.2. The predicted molar refractivity (Wildman–Crippen MR) is 289 cm³/mol. The number of hydrogen-bond donors (Lipinski definition) is 0. The Hall–Kier alpha value is -9.17. The lowest BCUT2D eigenvalue weighted by atomic mass is 9.98. The van der Waals surface area contributed by atoms with Gasteiger partial charge in [-0.3, -0.25) is 0 Å². The summed E-state index contributed by atoms with van der Waals surface area (Å²) in [4.78, 5) is 15.6. The van der Waals surface area contributed by atoms with Gasteiger partial charge < -0.3 is 13.4 Å². The molecule has 326 valence electrons. The summed E-state index contributed by atoms with van der Waals surface area (Å²) >= 11 is 1.84. The van der Waals surface area contributed by atoms with Crippen molar-refractivity contribution in [3.63, 3.8) is 0 Å². The first kappa shape index (κ1) is 38.9. The van der Waals surface area contributed by atoms with Crippen molar-refractivity contribution < 1.29 is 8.83 Å². The van der Waals surface area contributed by atoms with Gasteiger partial charge in [0.05, 0.1) is 11.0 Å². The lowest BCUT2D eigenvalue weighted by Crippen LogP contribution is -2.00. The Morgan fingerprint density at radius 2 is 0.857 bits per heavy atom. The maximum atomic E-state index is 6.58. The number of rotatable bonds is 6. The van der Waals surface area contributed by atoms with E-state index in [1.165, 1.54) is 53.1 Å². The highest BCUT2D eigenvalue weighted by Gasteiger charge is 2.21. The van der Waals surface area contributed by atoms with E-state index in [4.69, 9.17) is 23.8 Å². The van der Waals surface area contributed by atoms with Crippen molar-refractivity contribution in [1.82, 2.24) is 19.5 Å². The van der Waals surface area contributed by atoms with Crippen molar-refractivity contribution in [2.75, 3.05) is 0 Å². The first-order chi connectivity index (χ1) is 34.7. The fourth-order valence-electron chi connectivity index (χ4n) is 10.6. The standard InChI is InChI=1S/C63H36N4O2S/c1-3-13-37(14-4-1)61-64-62(46-19-11-23-55-59(46)45-18-8-10-22-53(45)68-55)66-63(65-61)47-20-12-24-56-60(47)50-35-39(27-31-54(50)69-56)40-28-32-57-49(34-40)44-29-25-41(36-58(44)70-57)38-26-30-52-48(33-38)43-17-7-9-21-51(43)67(52)42-15-5-2-6-16-42/h1-36H. The Kier molecular flexibility index (Phi) is 8.43. The Morgan fingerprint density at radius 1 is 0.314 bits per heavy atom. The molecule has 0 aliphatic heterocycles. The zero-order valence-electron chi connectivity index (χ0n) is 37.3. The zero-order valence-corrected chi connectivity index (χ0v) is 38.1. The molecule has 5 aromatic heterocycles. The molecule has 5 heterocycles. The molecule has 0 bridgehead atoms. The van der Waals surface area contributed by atoms with Crippen LogP contribution in [0, 0.1) is 0 Å². The highest BCUT2D eigenvalue weighted by Crippen LogP contribution is 2.43. The molecule has 0 fully saturated rings. The van der Waals surface area contributed by atoms with Crippen molar-refractivity contribution in [1.29, 1.82) is 0 Å². The van der Waals surface area contributed by atoms with Gasteiger partial charge in [0.25, 0.3) is 0 Å². The van der Waals surface area contributed by atoms with E-state index < -0.39 is 0 Å². The van der Waals surface area contributed by atoms with Gasteiger partial charge in [0.15, 0.2) is 17.5 Å². The molecular formula is C63H36N4O2S. The maximum absolute atomic E-state index is 6.58. The molecule has 0 saturated carbocycles. The fraction of sp³-hybridized carbons (Fsp3) is 0. The van der Waals surface area contributed by atoms with Gasteiger partial charge in [-0.1, -0.05) is 140 Å². The Bertz CT molecular complexity index is 4600. The first-order valence-corrected chi connectivity index (χ1v) is 24.2. The number of hydrogen-bond acceptors (Lipinski definition) is 6. The molecule has 0 aliphatic rings. The second-order valence-electron chi connectivity index (χ2n) is 17.9. The third kappa shape index (κ3) is 6.02. The highest BCUT2D eigenvalue weighted by atomic mass is 32.1. The SMILES string of the molecule is c1ccc(-c2nc(-c3cccc4oc5ccccc5c34)nc(-c3cccc4oc5ccc(-c6ccc7sc8cc(-c9ccc%10c(c9)c9ccccc9n%10-c9ccccc9)ccc8c7c6)cc5c34)n2)cc1. The summed E-state index contributed by atoms with van der Waals surface area (Å²) in [5, 5.41) is 8.95. The monoisotopic (exact) mass is 912 g/mol. The molecule has 0 aliphatic carbocycles. The average molecular weight is 913 g/mol. The van der Waals surface area contributed by atoms with Crippen LogP contribution < -0.4 is 0 Å². The number of fused-ring (bicyclic) bond motifs is 12. The molecule has 0 unspecified atom stereocenters. The smallest absolute Gasteiger partial charge is 0.164 e. The fourth-order valence-corrected chi connectivity index (χ4v) is 11.8. The molecule has 0 N–H and O–H groups in total. The normalized spacial score (nSPS) is 12.0. The quantitative estimate of drug-likeness (QED) is 0.166. The van der Waals surface area contributed by atoms with Crippen LogP contribution in [0.2, 0.25) is 0 Å². The van der Waals surface area contributed by atoms with Crippen molar-refractivity contribution in [2.45, 2.75) is 0 Å². The first-order valence-electron chi connectivity index (χ1n) is 23.4. The molecule has 0 atom stereocenters. The van der Waals surface area contributed by atoms with Gasteiger partial charge in [-0.05, 0) is 101 Å². The molecule has 0 amide bonds. The largest absolute Gasteiger partial charge is 0.456 e. The van der Waals surface area contributed by atoms with Gasteiger partial charge in [0, 0.05) is 74.9 Å². The van der Waals surface area contributed by atoms with E-state index in [1.807, 2.05) is 84.1 Å². The van der Waals surface area contributed by atoms with Crippen LogP contribution in [0.5, 0.6) is 0 Å². The van der Waals surface area contributed by atoms with E-state index in [1.54, 1.807) is 0 Å². The van der Waals surface area contributed by atoms with E-state index in [-0.39, 0.29) is 0 Å². The molecule has 6 nitrogen and oxygen atoms in total. The van der Waals surface area contributed by atoms with Crippen LogP contribution in [0.25, 0.3) is 148 Å². The molecule has 7 heteroatoms. The van der Waals surface area contributed by atoms with Gasteiger partial charge in [-0.25, -0.2) is 15.0 Å². The van der Waals surface area contributed by atoms with Crippen LogP contribution in [0.3, 0.4) is 0 Å². The lowest BCUT2D eigenvalue weighted by molar-refractivity contribution is 0.668. The second-order valence-corrected chi connectivity index (χ2v) is 19.0. The third-order valence-electron chi connectivity index (χ3n) is 13.9. The van der Waals surface area contributed by atoms with E-state index in [0.29, 0.717) is 17.5 Å². The minimum absolute atomic E-state index is 0.566. The van der Waals surface area contributed by atoms with E-state index >= 15 is 0 Å². The summed E-state index contributed by atoms with van der Waals surface area (Å²) in [6.45, 7) is 0. The lowest BCUT2D eigenvalue weighted by Gasteiger charge is -2.10. The summed E-state index contributed by atoms with van der Waals surface area (Å²) in [7, 11) is 0. The van der Waals surface area contributed by atoms with Crippen molar-refractivity contribution in [2.24, 2.45) is 0 Å². The molecule has 0 spiro atoms. The van der Waals surface area contributed by atoms with Crippen LogP contribution in [-0.2, 0) is 0 Å². The summed E-state index contributed by atoms with van der Waals surface area (Å²) in [6.07, 6.45) is 0. The van der Waals surface area contributed by atoms with Crippen LogP contribution in [-0.4, -0.2) is 19.5 Å². The molecule has 10 aromatic carbocycles. The van der Waals surface area contributed by atoms with Crippen molar-refractivity contribution in [3.8, 4) is 62.1 Å². The van der Waals surface area contributed by atoms with Gasteiger partial charge >= 0.3 is 0 Å². The zero-order chi connectivity index (χ0) is 45.9. The number of thiophene rings is 1. The Labute approximate surface area is 404 Å². The van der Waals surface area contributed by atoms with Crippen molar-refractivity contribution >= 4 is 97.2 Å². The highest BCUT2D eigenvalue weighted by molar-refractivity contribution is 7.25. The van der Waals surface area contributed by atoms with E-state index in [2.05, 4.69) is 150 Å². The van der Waals surface area contributed by atoms with Gasteiger partial charge in [0.1, 0.15) is 22.3 Å². The molecule has 0 radical (unpaired) electrons.